The van der Waals surface area contributed by atoms with Crippen LogP contribution in [0.25, 0.3) is 22.6 Å². The van der Waals surface area contributed by atoms with Gasteiger partial charge in [-0.25, -0.2) is 14.8 Å². The van der Waals surface area contributed by atoms with Gasteiger partial charge < -0.3 is 14.5 Å². The number of likely N-dealkylation sites (N-methyl/N-ethyl adjacent to an activating group) is 1. The van der Waals surface area contributed by atoms with E-state index in [0.29, 0.717) is 32.6 Å². The van der Waals surface area contributed by atoms with Gasteiger partial charge in [0, 0.05) is 24.2 Å². The Hall–Kier alpha value is -2.98. The Kier molecular flexibility index (Phi) is 10.1. The lowest BCUT2D eigenvalue weighted by molar-refractivity contribution is -0.140. The van der Waals surface area contributed by atoms with E-state index in [9.17, 15) is 19.5 Å². The van der Waals surface area contributed by atoms with Gasteiger partial charge in [0.25, 0.3) is 11.8 Å². The van der Waals surface area contributed by atoms with E-state index >= 15 is 0 Å². The van der Waals surface area contributed by atoms with Crippen molar-refractivity contribution in [1.82, 2.24) is 15.1 Å². The van der Waals surface area contributed by atoms with Crippen LogP contribution in [0.2, 0.25) is 10.0 Å². The third-order valence-electron chi connectivity index (χ3n) is 6.02. The maximum Gasteiger partial charge on any atom is 0.407 e. The zero-order valence-corrected chi connectivity index (χ0v) is 24.5. The second-order valence-electron chi connectivity index (χ2n) is 9.04. The molecule has 2 aromatic carbocycles. The van der Waals surface area contributed by atoms with Gasteiger partial charge in [0.05, 0.1) is 21.8 Å². The largest absolute Gasteiger partial charge is 0.465 e. The van der Waals surface area contributed by atoms with Crippen LogP contribution in [-0.2, 0) is 9.59 Å². The molecule has 0 bridgehead atoms. The molecule has 39 heavy (non-hydrogen) atoms. The Morgan fingerprint density at radius 3 is 2.18 bits per heavy atom. The van der Waals surface area contributed by atoms with Crippen molar-refractivity contribution < 1.29 is 24.0 Å². The highest BCUT2D eigenvalue weighted by Crippen LogP contribution is 2.36. The van der Waals surface area contributed by atoms with Crippen molar-refractivity contribution in [3.8, 4) is 22.6 Å². The number of rotatable bonds is 8. The zero-order valence-electron chi connectivity index (χ0n) is 21.4. The molecule has 0 radical (unpaired) electrons. The number of amides is 3. The Labute approximate surface area is 245 Å². The fourth-order valence-electron chi connectivity index (χ4n) is 3.66. The van der Waals surface area contributed by atoms with Crippen molar-refractivity contribution in [2.45, 2.75) is 31.6 Å². The summed E-state index contributed by atoms with van der Waals surface area (Å²) >= 11 is 24.6. The maximum atomic E-state index is 13.4. The highest BCUT2D eigenvalue weighted by atomic mass is 35.5. The molecular formula is C26H26Cl4N4O5. The Bertz CT molecular complexity index is 1340. The van der Waals surface area contributed by atoms with Crippen LogP contribution in [-0.4, -0.2) is 62.6 Å². The van der Waals surface area contributed by atoms with E-state index in [0.717, 1.165) is 9.91 Å². The van der Waals surface area contributed by atoms with E-state index in [-0.39, 0.29) is 11.6 Å². The summed E-state index contributed by atoms with van der Waals surface area (Å²) in [5, 5.41) is 16.4. The summed E-state index contributed by atoms with van der Waals surface area (Å²) in [6.07, 6.45) is -1.30. The van der Waals surface area contributed by atoms with Gasteiger partial charge in [-0.05, 0) is 37.1 Å². The molecule has 0 aliphatic rings. The van der Waals surface area contributed by atoms with Crippen molar-refractivity contribution in [2.75, 3.05) is 18.6 Å². The molecule has 1 N–H and O–H groups in total. The third-order valence-corrected chi connectivity index (χ3v) is 7.02. The average Bonchev–Trinajstić information content (AvgIpc) is 3.35. The van der Waals surface area contributed by atoms with Crippen LogP contribution in [0.3, 0.4) is 0 Å². The summed E-state index contributed by atoms with van der Waals surface area (Å²) in [6.45, 7) is 4.95. The normalized spacial score (nSPS) is 11.9. The summed E-state index contributed by atoms with van der Waals surface area (Å²) in [5.41, 5.74) is 1.67. The van der Waals surface area contributed by atoms with Gasteiger partial charge in [-0.15, -0.1) is 0 Å². The average molecular weight is 616 g/mol. The number of benzene rings is 2. The van der Waals surface area contributed by atoms with Gasteiger partial charge in [0.2, 0.25) is 0 Å². The molecular weight excluding hydrogens is 590 g/mol. The number of carbonyl (C=O) groups excluding carboxylic acids is 2. The number of nitrogens with zero attached hydrogens (tertiary/aromatic N) is 4. The monoisotopic (exact) mass is 614 g/mol. The first kappa shape index (κ1) is 30.6. The predicted molar refractivity (Wildman–Crippen MR) is 152 cm³/mol. The second kappa shape index (κ2) is 12.9. The SMILES string of the molecule is CC(C)C(C)N(C(=O)CN(C)C(=O)O)N(C(=O)C(Cl)Cl)c1cccc(-c2cc(-c3c(Cl)cccc3Cl)no2)c1. The molecule has 1 unspecified atom stereocenters. The van der Waals surface area contributed by atoms with Crippen LogP contribution < -0.4 is 5.01 Å². The number of hydrogen-bond donors (Lipinski definition) is 1. The smallest absolute Gasteiger partial charge is 0.407 e. The minimum atomic E-state index is -1.51. The summed E-state index contributed by atoms with van der Waals surface area (Å²) in [4.78, 5) is 37.4. The predicted octanol–water partition coefficient (Wildman–Crippen LogP) is 6.85. The molecule has 3 aromatic rings. The fraction of sp³-hybridized carbons (Fsp3) is 0.308. The van der Waals surface area contributed by atoms with Crippen molar-refractivity contribution >= 4 is 70.0 Å². The Balaban J connectivity index is 2.10. The number of anilines is 1. The van der Waals surface area contributed by atoms with E-state index in [1.54, 1.807) is 55.5 Å². The van der Waals surface area contributed by atoms with Crippen LogP contribution >= 0.6 is 46.4 Å². The van der Waals surface area contributed by atoms with Gasteiger partial charge in [-0.2, -0.15) is 0 Å². The Morgan fingerprint density at radius 2 is 1.62 bits per heavy atom. The van der Waals surface area contributed by atoms with Gasteiger partial charge in [-0.1, -0.05) is 83.6 Å². The molecule has 0 aliphatic heterocycles. The number of carbonyl (C=O) groups is 3. The number of halogens is 4. The molecule has 1 atom stereocenters. The van der Waals surface area contributed by atoms with Gasteiger partial charge in [0.1, 0.15) is 12.2 Å². The molecule has 1 aromatic heterocycles. The number of hydrogen-bond acceptors (Lipinski definition) is 5. The summed E-state index contributed by atoms with van der Waals surface area (Å²) in [7, 11) is 1.25. The van der Waals surface area contributed by atoms with Crippen LogP contribution in [0.4, 0.5) is 10.5 Å². The number of hydrazine groups is 1. The topological polar surface area (TPSA) is 107 Å². The van der Waals surface area contributed by atoms with Gasteiger partial charge in [-0.3, -0.25) is 9.59 Å². The van der Waals surface area contributed by atoms with Crippen molar-refractivity contribution in [3.05, 3.63) is 58.6 Å². The minimum absolute atomic E-state index is 0.121. The molecule has 0 fully saturated rings. The molecule has 0 saturated carbocycles. The third kappa shape index (κ3) is 6.97. The van der Waals surface area contributed by atoms with E-state index in [1.165, 1.54) is 12.1 Å². The molecule has 0 saturated heterocycles. The van der Waals surface area contributed by atoms with E-state index in [4.69, 9.17) is 50.9 Å². The number of carboxylic acid groups (broad SMARTS) is 1. The quantitative estimate of drug-likeness (QED) is 0.219. The molecule has 13 heteroatoms. The standard InChI is InChI=1S/C26H26Cl4N4O5/c1-14(2)15(3)33(22(35)13-32(4)26(37)38)34(25(36)24(29)30)17-8-5-7-16(11-17)21-12-20(31-39-21)23-18(27)9-6-10-19(23)28/h5-12,14-15,24H,13H2,1-4H3,(H,37,38). The first-order valence-electron chi connectivity index (χ1n) is 11.7. The Morgan fingerprint density at radius 1 is 1.00 bits per heavy atom. The molecule has 208 valence electrons. The van der Waals surface area contributed by atoms with Gasteiger partial charge in [0.15, 0.2) is 10.6 Å². The number of alkyl halides is 2. The fourth-order valence-corrected chi connectivity index (χ4v) is 4.43. The minimum Gasteiger partial charge on any atom is -0.465 e. The van der Waals surface area contributed by atoms with E-state index < -0.39 is 35.3 Å². The van der Waals surface area contributed by atoms with Crippen LogP contribution in [0.5, 0.6) is 0 Å². The number of aromatic nitrogens is 1. The highest BCUT2D eigenvalue weighted by molar-refractivity contribution is 6.54. The van der Waals surface area contributed by atoms with E-state index in [1.807, 2.05) is 13.8 Å². The van der Waals surface area contributed by atoms with Crippen molar-refractivity contribution in [3.63, 3.8) is 0 Å². The summed E-state index contributed by atoms with van der Waals surface area (Å²) in [5.74, 6) is -1.23. The molecule has 1 heterocycles. The molecule has 3 rings (SSSR count). The lowest BCUT2D eigenvalue weighted by Crippen LogP contribution is -2.59. The molecule has 3 amide bonds. The lowest BCUT2D eigenvalue weighted by atomic mass is 10.1. The lowest BCUT2D eigenvalue weighted by Gasteiger charge is -2.41. The molecule has 0 aliphatic carbocycles. The van der Waals surface area contributed by atoms with Crippen LogP contribution in [0, 0.1) is 5.92 Å². The zero-order chi connectivity index (χ0) is 29.0. The molecule has 9 nitrogen and oxygen atoms in total. The highest BCUT2D eigenvalue weighted by Gasteiger charge is 2.36. The van der Waals surface area contributed by atoms with Crippen LogP contribution in [0.15, 0.2) is 53.1 Å². The van der Waals surface area contributed by atoms with E-state index in [2.05, 4.69) is 5.16 Å². The molecule has 0 spiro atoms. The second-order valence-corrected chi connectivity index (χ2v) is 10.9. The summed E-state index contributed by atoms with van der Waals surface area (Å²) in [6, 6.07) is 12.7. The van der Waals surface area contributed by atoms with Crippen molar-refractivity contribution in [1.29, 1.82) is 0 Å². The first-order chi connectivity index (χ1) is 18.3. The van der Waals surface area contributed by atoms with Gasteiger partial charge >= 0.3 is 6.09 Å². The maximum absolute atomic E-state index is 13.4. The summed E-state index contributed by atoms with van der Waals surface area (Å²) < 4.78 is 5.56. The first-order valence-corrected chi connectivity index (χ1v) is 13.4. The van der Waals surface area contributed by atoms with Crippen LogP contribution in [0.1, 0.15) is 20.8 Å². The van der Waals surface area contributed by atoms with Crippen molar-refractivity contribution in [2.24, 2.45) is 5.92 Å².